The van der Waals surface area contributed by atoms with E-state index in [1.807, 2.05) is 6.07 Å². The number of rotatable bonds is 10. The number of aliphatic imine (C=N–C) groups is 1. The van der Waals surface area contributed by atoms with Gasteiger partial charge >= 0.3 is 0 Å². The molecule has 2 aliphatic rings. The molecule has 12 heteroatoms. The first-order valence-electron chi connectivity index (χ1n) is 15.0. The largest absolute Gasteiger partial charge is 0.434 e. The van der Waals surface area contributed by atoms with Crippen molar-refractivity contribution in [2.24, 2.45) is 10.9 Å². The third-order valence-corrected chi connectivity index (χ3v) is 9.34. The number of ether oxygens (including phenoxy) is 1. The zero-order valence-electron chi connectivity index (χ0n) is 24.4. The fraction of sp³-hybridized carbons (Fsp3) is 0.484. The average molecular weight is 610 g/mol. The summed E-state index contributed by atoms with van der Waals surface area (Å²) in [5.74, 6) is -0.568. The molecule has 0 bridgehead atoms. The molecule has 1 aliphatic heterocycles. The summed E-state index contributed by atoms with van der Waals surface area (Å²) in [6.45, 7) is 3.45. The second kappa shape index (κ2) is 14.1. The first-order chi connectivity index (χ1) is 20.8. The topological polar surface area (TPSA) is 143 Å². The van der Waals surface area contributed by atoms with E-state index in [-0.39, 0.29) is 22.7 Å². The third kappa shape index (κ3) is 7.80. The SMILES string of the molecule is CC[C@H](NC(=O)[C@H](CC1CCCCC1)N=C(NS(=O)(=O)c1ccccc1)N1CCOCC1)C(=O)c1nc2ccccc2o1. The van der Waals surface area contributed by atoms with E-state index in [0.29, 0.717) is 50.2 Å². The van der Waals surface area contributed by atoms with Crippen molar-refractivity contribution in [3.63, 3.8) is 0 Å². The van der Waals surface area contributed by atoms with Crippen molar-refractivity contribution >= 4 is 38.8 Å². The molecule has 43 heavy (non-hydrogen) atoms. The smallest absolute Gasteiger partial charge is 0.266 e. The van der Waals surface area contributed by atoms with Crippen molar-refractivity contribution in [1.82, 2.24) is 19.9 Å². The standard InChI is InChI=1S/C31H39N5O6S/c1-2-24(28(37)30-33-25-15-9-10-16-27(25)42-30)32-29(38)26(21-22-11-5-3-6-12-22)34-31(36-17-19-41-20-18-36)35-43(39,40)23-13-7-4-8-14-23/h4,7-10,13-16,22,24,26H,2-3,5-6,11-12,17-21H2,1H3,(H,32,38)(H,34,35)/t24-,26-/m0/s1. The molecule has 0 radical (unpaired) electrons. The Morgan fingerprint density at radius 3 is 2.42 bits per heavy atom. The number of hydrogen-bond acceptors (Lipinski definition) is 8. The minimum atomic E-state index is -3.97. The summed E-state index contributed by atoms with van der Waals surface area (Å²) in [5, 5.41) is 2.89. The van der Waals surface area contributed by atoms with Crippen molar-refractivity contribution < 1.29 is 27.2 Å². The molecule has 2 N–H and O–H groups in total. The van der Waals surface area contributed by atoms with Gasteiger partial charge in [0.2, 0.25) is 17.6 Å². The number of ketones is 1. The highest BCUT2D eigenvalue weighted by Crippen LogP contribution is 2.28. The van der Waals surface area contributed by atoms with Crippen LogP contribution in [-0.2, 0) is 19.6 Å². The lowest BCUT2D eigenvalue weighted by Gasteiger charge is -2.31. The van der Waals surface area contributed by atoms with Gasteiger partial charge in [-0.3, -0.25) is 9.59 Å². The van der Waals surface area contributed by atoms with E-state index in [1.165, 1.54) is 12.1 Å². The lowest BCUT2D eigenvalue weighted by atomic mass is 9.84. The van der Waals surface area contributed by atoms with Gasteiger partial charge in [0.25, 0.3) is 15.9 Å². The number of sulfonamides is 1. The molecular formula is C31H39N5O6S. The monoisotopic (exact) mass is 609 g/mol. The lowest BCUT2D eigenvalue weighted by Crippen LogP contribution is -2.51. The number of oxazole rings is 1. The second-order valence-electron chi connectivity index (χ2n) is 11.0. The van der Waals surface area contributed by atoms with Crippen LogP contribution < -0.4 is 10.0 Å². The molecule has 1 saturated heterocycles. The molecule has 5 rings (SSSR count). The average Bonchev–Trinajstić information content (AvgIpc) is 3.48. The Kier molecular flexibility index (Phi) is 10.1. The number of nitrogens with one attached hydrogen (secondary N) is 2. The molecule has 2 atom stereocenters. The van der Waals surface area contributed by atoms with Crippen LogP contribution in [0.15, 0.2) is 68.9 Å². The highest BCUT2D eigenvalue weighted by molar-refractivity contribution is 7.90. The van der Waals surface area contributed by atoms with Gasteiger partial charge in [0, 0.05) is 13.1 Å². The zero-order valence-corrected chi connectivity index (χ0v) is 25.2. The Labute approximate surface area is 252 Å². The van der Waals surface area contributed by atoms with Crippen molar-refractivity contribution in [2.45, 2.75) is 68.8 Å². The molecule has 2 aromatic carbocycles. The maximum atomic E-state index is 13.9. The number of benzene rings is 2. The Morgan fingerprint density at radius 1 is 1.02 bits per heavy atom. The van der Waals surface area contributed by atoms with Gasteiger partial charge in [0.15, 0.2) is 5.58 Å². The molecule has 0 unspecified atom stereocenters. The van der Waals surface area contributed by atoms with Gasteiger partial charge in [-0.1, -0.05) is 69.4 Å². The van der Waals surface area contributed by atoms with Crippen LogP contribution in [0.1, 0.15) is 62.6 Å². The van der Waals surface area contributed by atoms with E-state index >= 15 is 0 Å². The fourth-order valence-corrected chi connectivity index (χ4v) is 6.63. The van der Waals surface area contributed by atoms with Crippen LogP contribution in [0, 0.1) is 5.92 Å². The van der Waals surface area contributed by atoms with E-state index in [1.54, 1.807) is 48.2 Å². The number of fused-ring (bicyclic) bond motifs is 1. The van der Waals surface area contributed by atoms with Gasteiger partial charge in [-0.25, -0.2) is 23.1 Å². The maximum absolute atomic E-state index is 13.9. The van der Waals surface area contributed by atoms with Crippen LogP contribution in [0.4, 0.5) is 0 Å². The summed E-state index contributed by atoms with van der Waals surface area (Å²) in [7, 11) is -3.97. The molecular weight excluding hydrogens is 570 g/mol. The van der Waals surface area contributed by atoms with Gasteiger partial charge < -0.3 is 19.4 Å². The molecule has 11 nitrogen and oxygen atoms in total. The summed E-state index contributed by atoms with van der Waals surface area (Å²) < 4.78 is 40.5. The fourth-order valence-electron chi connectivity index (χ4n) is 5.58. The maximum Gasteiger partial charge on any atom is 0.266 e. The highest BCUT2D eigenvalue weighted by Gasteiger charge is 2.32. The first-order valence-corrected chi connectivity index (χ1v) is 16.5. The summed E-state index contributed by atoms with van der Waals surface area (Å²) in [6.07, 6.45) is 6.02. The van der Waals surface area contributed by atoms with Gasteiger partial charge in [-0.2, -0.15) is 0 Å². The summed E-state index contributed by atoms with van der Waals surface area (Å²) in [4.78, 5) is 38.3. The number of para-hydroxylation sites is 2. The Hall–Kier alpha value is -3.77. The van der Waals surface area contributed by atoms with Crippen molar-refractivity contribution in [1.29, 1.82) is 0 Å². The third-order valence-electron chi connectivity index (χ3n) is 8.00. The predicted molar refractivity (Wildman–Crippen MR) is 162 cm³/mol. The molecule has 1 aliphatic carbocycles. The van der Waals surface area contributed by atoms with Crippen molar-refractivity contribution in [3.05, 3.63) is 60.5 Å². The Morgan fingerprint density at radius 2 is 1.72 bits per heavy atom. The number of hydrogen-bond donors (Lipinski definition) is 2. The molecule has 3 aromatic rings. The molecule has 2 fully saturated rings. The van der Waals surface area contributed by atoms with E-state index in [9.17, 15) is 18.0 Å². The number of guanidine groups is 1. The summed E-state index contributed by atoms with van der Waals surface area (Å²) >= 11 is 0. The first kappa shape index (κ1) is 30.7. The van der Waals surface area contributed by atoms with Gasteiger partial charge in [0.05, 0.1) is 24.2 Å². The number of amides is 1. The summed E-state index contributed by atoms with van der Waals surface area (Å²) in [6, 6.07) is 13.4. The van der Waals surface area contributed by atoms with Crippen LogP contribution in [0.25, 0.3) is 11.1 Å². The molecule has 1 amide bonds. The van der Waals surface area contributed by atoms with Crippen molar-refractivity contribution in [3.8, 4) is 0 Å². The Balaban J connectivity index is 1.43. The van der Waals surface area contributed by atoms with Crippen LogP contribution in [-0.4, -0.2) is 74.3 Å². The van der Waals surface area contributed by atoms with Gasteiger partial charge in [-0.15, -0.1) is 0 Å². The van der Waals surface area contributed by atoms with E-state index in [2.05, 4.69) is 15.0 Å². The number of nitrogens with zero attached hydrogens (tertiary/aromatic N) is 3. The summed E-state index contributed by atoms with van der Waals surface area (Å²) in [5.41, 5.74) is 1.06. The van der Waals surface area contributed by atoms with E-state index in [0.717, 1.165) is 32.1 Å². The minimum Gasteiger partial charge on any atom is -0.434 e. The lowest BCUT2D eigenvalue weighted by molar-refractivity contribution is -0.123. The van der Waals surface area contributed by atoms with Crippen molar-refractivity contribution in [2.75, 3.05) is 26.3 Å². The van der Waals surface area contributed by atoms with Crippen LogP contribution in [0.5, 0.6) is 0 Å². The van der Waals surface area contributed by atoms with Gasteiger partial charge in [0.1, 0.15) is 11.6 Å². The second-order valence-corrected chi connectivity index (χ2v) is 12.7. The van der Waals surface area contributed by atoms with Crippen LogP contribution in [0.2, 0.25) is 0 Å². The zero-order chi connectivity index (χ0) is 30.2. The number of carbonyl (C=O) groups excluding carboxylic acids is 2. The number of Topliss-reactive ketones (excluding diaryl/α,β-unsaturated/α-hetero) is 1. The van der Waals surface area contributed by atoms with Gasteiger partial charge in [-0.05, 0) is 43.0 Å². The molecule has 1 aromatic heterocycles. The normalized spacial score (nSPS) is 18.3. The predicted octanol–water partition coefficient (Wildman–Crippen LogP) is 3.91. The molecule has 1 saturated carbocycles. The van der Waals surface area contributed by atoms with Crippen LogP contribution >= 0.6 is 0 Å². The molecule has 230 valence electrons. The number of morpholine rings is 1. The van der Waals surface area contributed by atoms with E-state index in [4.69, 9.17) is 14.1 Å². The molecule has 0 spiro atoms. The quantitative estimate of drug-likeness (QED) is 0.200. The van der Waals surface area contributed by atoms with E-state index < -0.39 is 33.8 Å². The molecule has 2 heterocycles. The number of aromatic nitrogens is 1. The minimum absolute atomic E-state index is 0.0645. The number of carbonyl (C=O) groups is 2. The van der Waals surface area contributed by atoms with Crippen LogP contribution in [0.3, 0.4) is 0 Å². The Bertz CT molecular complexity index is 1500. The highest BCUT2D eigenvalue weighted by atomic mass is 32.2.